The molecule has 0 radical (unpaired) electrons. The molecule has 114 valence electrons. The predicted octanol–water partition coefficient (Wildman–Crippen LogP) is 0.580. The first kappa shape index (κ1) is 16.5. The first-order valence-corrected chi connectivity index (χ1v) is 6.66. The van der Waals surface area contributed by atoms with Crippen molar-refractivity contribution in [2.75, 3.05) is 19.6 Å². The van der Waals surface area contributed by atoms with E-state index in [2.05, 4.69) is 16.0 Å². The number of nitrogens with one attached hydrogen (secondary N) is 3. The smallest absolute Gasteiger partial charge is 0.314 e. The number of aliphatic carboxylic acids is 1. The molecular formula is C14H19N3O4. The molecule has 7 nitrogen and oxygen atoms in total. The topological polar surface area (TPSA) is 108 Å². The summed E-state index contributed by atoms with van der Waals surface area (Å²) in [5.41, 5.74) is 0.565. The standard InChI is InChI=1S/C14H19N3O4/c18-12(19)7-4-8-16-14(21)17-10-9-15-13(20)11-5-2-1-3-6-11/h1-3,5-6H,4,7-10H2,(H,15,20)(H,18,19)(H2,16,17,21). The van der Waals surface area contributed by atoms with Crippen LogP contribution >= 0.6 is 0 Å². The number of hydrogen-bond donors (Lipinski definition) is 4. The lowest BCUT2D eigenvalue weighted by Gasteiger charge is -2.08. The Balaban J connectivity index is 2.07. The summed E-state index contributed by atoms with van der Waals surface area (Å²) in [6.45, 7) is 0.911. The lowest BCUT2D eigenvalue weighted by molar-refractivity contribution is -0.137. The van der Waals surface area contributed by atoms with Crippen LogP contribution in [0.1, 0.15) is 23.2 Å². The van der Waals surface area contributed by atoms with Gasteiger partial charge in [0.2, 0.25) is 0 Å². The third kappa shape index (κ3) is 7.56. The maximum Gasteiger partial charge on any atom is 0.314 e. The third-order valence-electron chi connectivity index (χ3n) is 2.59. The van der Waals surface area contributed by atoms with Gasteiger partial charge in [-0.2, -0.15) is 0 Å². The van der Waals surface area contributed by atoms with Crippen molar-refractivity contribution in [3.8, 4) is 0 Å². The fourth-order valence-corrected chi connectivity index (χ4v) is 1.55. The Morgan fingerprint density at radius 3 is 2.19 bits per heavy atom. The SMILES string of the molecule is O=C(O)CCCNC(=O)NCCNC(=O)c1ccccc1. The second-order valence-corrected chi connectivity index (χ2v) is 4.30. The van der Waals surface area contributed by atoms with Crippen LogP contribution in [0.3, 0.4) is 0 Å². The van der Waals surface area contributed by atoms with Gasteiger partial charge in [-0.15, -0.1) is 0 Å². The number of amides is 3. The molecular weight excluding hydrogens is 274 g/mol. The van der Waals surface area contributed by atoms with Gasteiger partial charge in [0.05, 0.1) is 0 Å². The Bertz CT molecular complexity index is 476. The Morgan fingerprint density at radius 2 is 1.52 bits per heavy atom. The van der Waals surface area contributed by atoms with Crippen molar-refractivity contribution >= 4 is 17.9 Å². The molecule has 0 atom stereocenters. The van der Waals surface area contributed by atoms with E-state index in [1.807, 2.05) is 6.07 Å². The van der Waals surface area contributed by atoms with Gasteiger partial charge in [-0.25, -0.2) is 4.79 Å². The van der Waals surface area contributed by atoms with Gasteiger partial charge in [0.15, 0.2) is 0 Å². The first-order valence-electron chi connectivity index (χ1n) is 6.66. The van der Waals surface area contributed by atoms with E-state index in [9.17, 15) is 14.4 Å². The van der Waals surface area contributed by atoms with Crippen molar-refractivity contribution < 1.29 is 19.5 Å². The van der Waals surface area contributed by atoms with Gasteiger partial charge in [-0.1, -0.05) is 18.2 Å². The van der Waals surface area contributed by atoms with Gasteiger partial charge in [-0.05, 0) is 18.6 Å². The molecule has 0 heterocycles. The molecule has 3 amide bonds. The van der Waals surface area contributed by atoms with E-state index in [1.54, 1.807) is 24.3 Å². The molecule has 0 aliphatic rings. The van der Waals surface area contributed by atoms with Crippen LogP contribution in [0.2, 0.25) is 0 Å². The second-order valence-electron chi connectivity index (χ2n) is 4.30. The Hall–Kier alpha value is -2.57. The zero-order valence-corrected chi connectivity index (χ0v) is 11.6. The molecule has 0 aromatic heterocycles. The number of benzene rings is 1. The number of carboxylic acids is 1. The predicted molar refractivity (Wildman–Crippen MR) is 77.0 cm³/mol. The molecule has 1 aromatic rings. The van der Waals surface area contributed by atoms with Gasteiger partial charge < -0.3 is 21.1 Å². The fourth-order valence-electron chi connectivity index (χ4n) is 1.55. The largest absolute Gasteiger partial charge is 0.481 e. The Kier molecular flexibility index (Phi) is 7.34. The monoisotopic (exact) mass is 293 g/mol. The van der Waals surface area contributed by atoms with Gasteiger partial charge in [-0.3, -0.25) is 9.59 Å². The average molecular weight is 293 g/mol. The van der Waals surface area contributed by atoms with E-state index in [0.29, 0.717) is 31.6 Å². The summed E-state index contributed by atoms with van der Waals surface area (Å²) in [5, 5.41) is 16.2. The summed E-state index contributed by atoms with van der Waals surface area (Å²) >= 11 is 0. The number of carbonyl (C=O) groups is 3. The number of urea groups is 1. The van der Waals surface area contributed by atoms with E-state index in [0.717, 1.165) is 0 Å². The van der Waals surface area contributed by atoms with Crippen LogP contribution in [0, 0.1) is 0 Å². The minimum atomic E-state index is -0.888. The van der Waals surface area contributed by atoms with E-state index >= 15 is 0 Å². The normalized spacial score (nSPS) is 9.71. The van der Waals surface area contributed by atoms with E-state index in [1.165, 1.54) is 0 Å². The van der Waals surface area contributed by atoms with Gasteiger partial charge in [0, 0.05) is 31.6 Å². The molecule has 0 spiro atoms. The summed E-state index contributed by atoms with van der Waals surface area (Å²) in [6, 6.07) is 8.41. The molecule has 0 bridgehead atoms. The summed E-state index contributed by atoms with van der Waals surface area (Å²) in [5.74, 6) is -1.08. The molecule has 0 aliphatic carbocycles. The van der Waals surface area contributed by atoms with Gasteiger partial charge in [0.25, 0.3) is 5.91 Å². The maximum absolute atomic E-state index is 11.7. The van der Waals surface area contributed by atoms with E-state index in [-0.39, 0.29) is 18.4 Å². The van der Waals surface area contributed by atoms with Crippen molar-refractivity contribution in [2.45, 2.75) is 12.8 Å². The van der Waals surface area contributed by atoms with Crippen LogP contribution in [0.5, 0.6) is 0 Å². The highest BCUT2D eigenvalue weighted by atomic mass is 16.4. The first-order chi connectivity index (χ1) is 10.1. The molecule has 1 rings (SSSR count). The molecule has 0 saturated carbocycles. The highest BCUT2D eigenvalue weighted by molar-refractivity contribution is 5.94. The number of carbonyl (C=O) groups excluding carboxylic acids is 2. The van der Waals surface area contributed by atoms with Crippen LogP contribution in [0.25, 0.3) is 0 Å². The number of hydrogen-bond acceptors (Lipinski definition) is 3. The Labute approximate surface area is 122 Å². The minimum absolute atomic E-state index is 0.0212. The van der Waals surface area contributed by atoms with E-state index in [4.69, 9.17) is 5.11 Å². The lowest BCUT2D eigenvalue weighted by atomic mass is 10.2. The van der Waals surface area contributed by atoms with Crippen molar-refractivity contribution in [3.63, 3.8) is 0 Å². The summed E-state index contributed by atoms with van der Waals surface area (Å²) in [4.78, 5) is 33.3. The quantitative estimate of drug-likeness (QED) is 0.526. The number of carboxylic acid groups (broad SMARTS) is 1. The summed E-state index contributed by atoms with van der Waals surface area (Å²) in [6.07, 6.45) is 0.404. The second kappa shape index (κ2) is 9.35. The fraction of sp³-hybridized carbons (Fsp3) is 0.357. The molecule has 7 heteroatoms. The molecule has 0 fully saturated rings. The van der Waals surface area contributed by atoms with Crippen molar-refractivity contribution in [3.05, 3.63) is 35.9 Å². The molecule has 4 N–H and O–H groups in total. The van der Waals surface area contributed by atoms with Crippen molar-refractivity contribution in [1.29, 1.82) is 0 Å². The molecule has 0 aliphatic heterocycles. The highest BCUT2D eigenvalue weighted by Gasteiger charge is 2.04. The number of rotatable bonds is 8. The Morgan fingerprint density at radius 1 is 0.905 bits per heavy atom. The van der Waals surface area contributed by atoms with Crippen LogP contribution in [0.4, 0.5) is 4.79 Å². The summed E-state index contributed by atoms with van der Waals surface area (Å²) in [7, 11) is 0. The van der Waals surface area contributed by atoms with E-state index < -0.39 is 5.97 Å². The van der Waals surface area contributed by atoms with Gasteiger partial charge >= 0.3 is 12.0 Å². The molecule has 0 saturated heterocycles. The minimum Gasteiger partial charge on any atom is -0.481 e. The van der Waals surface area contributed by atoms with Gasteiger partial charge in [0.1, 0.15) is 0 Å². The van der Waals surface area contributed by atoms with Crippen molar-refractivity contribution in [1.82, 2.24) is 16.0 Å². The maximum atomic E-state index is 11.7. The molecule has 1 aromatic carbocycles. The zero-order valence-electron chi connectivity index (χ0n) is 11.6. The highest BCUT2D eigenvalue weighted by Crippen LogP contribution is 1.96. The van der Waals surface area contributed by atoms with Crippen LogP contribution in [0.15, 0.2) is 30.3 Å². The molecule has 21 heavy (non-hydrogen) atoms. The zero-order chi connectivity index (χ0) is 15.5. The van der Waals surface area contributed by atoms with Crippen LogP contribution in [-0.2, 0) is 4.79 Å². The summed E-state index contributed by atoms with van der Waals surface area (Å²) < 4.78 is 0. The molecule has 0 unspecified atom stereocenters. The van der Waals surface area contributed by atoms with Crippen molar-refractivity contribution in [2.24, 2.45) is 0 Å². The van der Waals surface area contributed by atoms with Crippen LogP contribution < -0.4 is 16.0 Å². The average Bonchev–Trinajstić information content (AvgIpc) is 2.48. The lowest BCUT2D eigenvalue weighted by Crippen LogP contribution is -2.40. The van der Waals surface area contributed by atoms with Crippen LogP contribution in [-0.4, -0.2) is 42.6 Å². The third-order valence-corrected chi connectivity index (χ3v) is 2.59.